The molecule has 1 aromatic heterocycles. The van der Waals surface area contributed by atoms with Crippen LogP contribution in [-0.4, -0.2) is 31.9 Å². The molecule has 136 valence electrons. The van der Waals surface area contributed by atoms with Crippen LogP contribution in [0.2, 0.25) is 0 Å². The van der Waals surface area contributed by atoms with Crippen molar-refractivity contribution in [3.63, 3.8) is 0 Å². The summed E-state index contributed by atoms with van der Waals surface area (Å²) in [6.45, 7) is 0. The minimum absolute atomic E-state index is 0.0969. The van der Waals surface area contributed by atoms with Crippen LogP contribution < -0.4 is 4.74 Å². The van der Waals surface area contributed by atoms with Crippen LogP contribution in [0, 0.1) is 11.3 Å². The summed E-state index contributed by atoms with van der Waals surface area (Å²) in [6, 6.07) is 13.1. The van der Waals surface area contributed by atoms with Gasteiger partial charge in [-0.1, -0.05) is 12.1 Å². The van der Waals surface area contributed by atoms with E-state index in [1.54, 1.807) is 30.5 Å². The minimum atomic E-state index is -3.48. The third-order valence-corrected chi connectivity index (χ3v) is 5.15. The maximum absolute atomic E-state index is 12.1. The number of sulfone groups is 1. The molecule has 0 bridgehead atoms. The molecule has 6 nitrogen and oxygen atoms in total. The van der Waals surface area contributed by atoms with Crippen molar-refractivity contribution in [2.24, 2.45) is 0 Å². The first-order chi connectivity index (χ1) is 12.8. The SMILES string of the molecule is COc1cc(S(C)(=O)=O)cc(-c2ccc(O)cc2)c1-c1cncc(C#N)c1. The summed E-state index contributed by atoms with van der Waals surface area (Å²) in [5.74, 6) is 0.442. The molecule has 0 aliphatic rings. The molecule has 27 heavy (non-hydrogen) atoms. The van der Waals surface area contributed by atoms with Gasteiger partial charge in [-0.2, -0.15) is 5.26 Å². The predicted octanol–water partition coefficient (Wildman–Crippen LogP) is 3.40. The number of benzene rings is 2. The predicted molar refractivity (Wildman–Crippen MR) is 101 cm³/mol. The summed E-state index contributed by atoms with van der Waals surface area (Å²) in [7, 11) is -2.03. The topological polar surface area (TPSA) is 100 Å². The molecule has 0 atom stereocenters. The Morgan fingerprint density at radius 1 is 1.07 bits per heavy atom. The smallest absolute Gasteiger partial charge is 0.175 e. The molecular formula is C20H16N2O4S. The van der Waals surface area contributed by atoms with Gasteiger partial charge in [-0.3, -0.25) is 4.98 Å². The van der Waals surface area contributed by atoms with Gasteiger partial charge in [-0.05, 0) is 41.5 Å². The normalized spacial score (nSPS) is 11.0. The van der Waals surface area contributed by atoms with Gasteiger partial charge >= 0.3 is 0 Å². The van der Waals surface area contributed by atoms with Gasteiger partial charge in [0, 0.05) is 29.8 Å². The third-order valence-electron chi connectivity index (χ3n) is 4.06. The quantitative estimate of drug-likeness (QED) is 0.744. The Labute approximate surface area is 157 Å². The first-order valence-electron chi connectivity index (χ1n) is 7.90. The van der Waals surface area contributed by atoms with Crippen molar-refractivity contribution in [3.05, 3.63) is 60.4 Å². The van der Waals surface area contributed by atoms with E-state index in [0.29, 0.717) is 33.6 Å². The van der Waals surface area contributed by atoms with Crippen LogP contribution in [0.4, 0.5) is 0 Å². The number of phenolic OH excluding ortho intramolecular Hbond substituents is 1. The first kappa shape index (κ1) is 18.4. The van der Waals surface area contributed by atoms with Gasteiger partial charge in [-0.15, -0.1) is 0 Å². The molecule has 0 fully saturated rings. The number of ether oxygens (including phenoxy) is 1. The zero-order valence-corrected chi connectivity index (χ0v) is 15.5. The molecule has 0 radical (unpaired) electrons. The van der Waals surface area contributed by atoms with Crippen molar-refractivity contribution < 1.29 is 18.3 Å². The fraction of sp³-hybridized carbons (Fsp3) is 0.100. The molecule has 0 amide bonds. The number of nitriles is 1. The van der Waals surface area contributed by atoms with Crippen molar-refractivity contribution in [2.45, 2.75) is 4.90 Å². The van der Waals surface area contributed by atoms with Gasteiger partial charge in [0.05, 0.1) is 17.6 Å². The van der Waals surface area contributed by atoms with Crippen LogP contribution in [0.1, 0.15) is 5.56 Å². The monoisotopic (exact) mass is 380 g/mol. The number of nitrogens with zero attached hydrogens (tertiary/aromatic N) is 2. The highest BCUT2D eigenvalue weighted by atomic mass is 32.2. The largest absolute Gasteiger partial charge is 0.508 e. The van der Waals surface area contributed by atoms with Crippen LogP contribution in [0.5, 0.6) is 11.5 Å². The van der Waals surface area contributed by atoms with E-state index in [-0.39, 0.29) is 10.6 Å². The number of hydrogen-bond donors (Lipinski definition) is 1. The molecule has 0 unspecified atom stereocenters. The molecule has 3 aromatic rings. The summed E-state index contributed by atoms with van der Waals surface area (Å²) >= 11 is 0. The summed E-state index contributed by atoms with van der Waals surface area (Å²) in [5.41, 5.74) is 2.88. The molecule has 0 aliphatic heterocycles. The van der Waals surface area contributed by atoms with E-state index in [4.69, 9.17) is 4.74 Å². The molecule has 0 saturated carbocycles. The van der Waals surface area contributed by atoms with Crippen LogP contribution in [-0.2, 0) is 9.84 Å². The van der Waals surface area contributed by atoms with Gasteiger partial charge in [0.25, 0.3) is 0 Å². The maximum atomic E-state index is 12.1. The van der Waals surface area contributed by atoms with Gasteiger partial charge in [0.2, 0.25) is 0 Å². The first-order valence-corrected chi connectivity index (χ1v) is 9.79. The van der Waals surface area contributed by atoms with Crippen LogP contribution in [0.3, 0.4) is 0 Å². The number of pyridine rings is 1. The number of methoxy groups -OCH3 is 1. The lowest BCUT2D eigenvalue weighted by molar-refractivity contribution is 0.415. The summed E-state index contributed by atoms with van der Waals surface area (Å²) in [5, 5.41) is 18.8. The van der Waals surface area contributed by atoms with Crippen molar-refractivity contribution in [1.82, 2.24) is 4.98 Å². The molecule has 2 aromatic carbocycles. The van der Waals surface area contributed by atoms with Crippen LogP contribution >= 0.6 is 0 Å². The highest BCUT2D eigenvalue weighted by Crippen LogP contribution is 2.41. The van der Waals surface area contributed by atoms with Gasteiger partial charge in [0.1, 0.15) is 17.6 Å². The van der Waals surface area contributed by atoms with E-state index < -0.39 is 9.84 Å². The molecule has 1 N–H and O–H groups in total. The van der Waals surface area contributed by atoms with E-state index in [1.165, 1.54) is 31.5 Å². The van der Waals surface area contributed by atoms with E-state index in [1.807, 2.05) is 6.07 Å². The van der Waals surface area contributed by atoms with E-state index in [9.17, 15) is 18.8 Å². The second-order valence-corrected chi connectivity index (χ2v) is 7.96. The van der Waals surface area contributed by atoms with Gasteiger partial charge in [0.15, 0.2) is 9.84 Å². The number of aromatic hydroxyl groups is 1. The Bertz CT molecular complexity index is 1150. The Morgan fingerprint density at radius 3 is 2.37 bits per heavy atom. The fourth-order valence-corrected chi connectivity index (χ4v) is 3.42. The van der Waals surface area contributed by atoms with Crippen molar-refractivity contribution >= 4 is 9.84 Å². The minimum Gasteiger partial charge on any atom is -0.508 e. The average Bonchev–Trinajstić information content (AvgIpc) is 2.66. The maximum Gasteiger partial charge on any atom is 0.175 e. The van der Waals surface area contributed by atoms with E-state index in [2.05, 4.69) is 4.98 Å². The molecule has 0 spiro atoms. The molecule has 0 saturated heterocycles. The highest BCUT2D eigenvalue weighted by Gasteiger charge is 2.20. The molecule has 1 heterocycles. The third kappa shape index (κ3) is 3.76. The number of rotatable bonds is 4. The summed E-state index contributed by atoms with van der Waals surface area (Å²) < 4.78 is 29.7. The highest BCUT2D eigenvalue weighted by molar-refractivity contribution is 7.90. The average molecular weight is 380 g/mol. The second kappa shape index (κ2) is 7.09. The van der Waals surface area contributed by atoms with Crippen LogP contribution in [0.25, 0.3) is 22.3 Å². The van der Waals surface area contributed by atoms with Gasteiger partial charge < -0.3 is 9.84 Å². The fourth-order valence-electron chi connectivity index (χ4n) is 2.77. The standard InChI is InChI=1S/C20H16N2O4S/c1-26-19-9-17(27(2,24)25)8-18(14-3-5-16(23)6-4-14)20(19)15-7-13(10-21)11-22-12-15/h3-9,11-12,23H,1-2H3. The number of aromatic nitrogens is 1. The zero-order valence-electron chi connectivity index (χ0n) is 14.7. The Hall–Kier alpha value is -3.37. The number of hydrogen-bond acceptors (Lipinski definition) is 6. The lowest BCUT2D eigenvalue weighted by Crippen LogP contribution is -2.01. The molecule has 3 rings (SSSR count). The summed E-state index contributed by atoms with van der Waals surface area (Å²) in [6.07, 6.45) is 4.16. The molecular weight excluding hydrogens is 364 g/mol. The summed E-state index contributed by atoms with van der Waals surface area (Å²) in [4.78, 5) is 4.20. The van der Waals surface area contributed by atoms with E-state index >= 15 is 0 Å². The van der Waals surface area contributed by atoms with Crippen molar-refractivity contribution in [3.8, 4) is 39.8 Å². The number of phenols is 1. The molecule has 0 aliphatic carbocycles. The van der Waals surface area contributed by atoms with Crippen LogP contribution in [0.15, 0.2) is 59.8 Å². The molecule has 7 heteroatoms. The lowest BCUT2D eigenvalue weighted by atomic mass is 9.94. The lowest BCUT2D eigenvalue weighted by Gasteiger charge is -2.16. The Kier molecular flexibility index (Phi) is 4.84. The Balaban J connectivity index is 2.39. The van der Waals surface area contributed by atoms with Crippen molar-refractivity contribution in [2.75, 3.05) is 13.4 Å². The zero-order chi connectivity index (χ0) is 19.6. The second-order valence-electron chi connectivity index (χ2n) is 5.94. The van der Waals surface area contributed by atoms with Crippen molar-refractivity contribution in [1.29, 1.82) is 5.26 Å². The van der Waals surface area contributed by atoms with Gasteiger partial charge in [-0.25, -0.2) is 8.42 Å². The Morgan fingerprint density at radius 2 is 1.78 bits per heavy atom. The van der Waals surface area contributed by atoms with E-state index in [0.717, 1.165) is 6.26 Å².